The molecule has 4 N–H and O–H groups in total. The third-order valence-corrected chi connectivity index (χ3v) is 1.70. The molecule has 72 valence electrons. The molecule has 5 nitrogen and oxygen atoms in total. The lowest BCUT2D eigenvalue weighted by molar-refractivity contribution is -0.119. The number of aliphatic hydroxyl groups is 3. The van der Waals surface area contributed by atoms with E-state index in [-0.39, 0.29) is 0 Å². The maximum absolute atomic E-state index is 10.1. The minimum atomic E-state index is -1.31. The predicted molar refractivity (Wildman–Crippen MR) is 42.6 cm³/mol. The number of aldehydes is 1. The smallest absolute Gasteiger partial charge is 0.150 e. The van der Waals surface area contributed by atoms with Gasteiger partial charge in [-0.05, 0) is 14.0 Å². The topological polar surface area (TPSA) is 89.8 Å². The first kappa shape index (κ1) is 11.5. The van der Waals surface area contributed by atoms with E-state index in [4.69, 9.17) is 10.2 Å². The molecule has 4 atom stereocenters. The summed E-state index contributed by atoms with van der Waals surface area (Å²) >= 11 is 0. The zero-order valence-corrected chi connectivity index (χ0v) is 7.14. The van der Waals surface area contributed by atoms with Crippen molar-refractivity contribution < 1.29 is 20.1 Å². The summed E-state index contributed by atoms with van der Waals surface area (Å²) in [6.07, 6.45) is -3.14. The van der Waals surface area contributed by atoms with Gasteiger partial charge in [-0.2, -0.15) is 0 Å². The Morgan fingerprint density at radius 2 is 1.83 bits per heavy atom. The molecule has 0 aromatic heterocycles. The zero-order valence-electron chi connectivity index (χ0n) is 7.14. The number of carbonyl (C=O) groups is 1. The van der Waals surface area contributed by atoms with E-state index in [2.05, 4.69) is 5.32 Å². The second-order valence-corrected chi connectivity index (χ2v) is 2.67. The van der Waals surface area contributed by atoms with E-state index >= 15 is 0 Å². The molecule has 0 aliphatic rings. The Bertz CT molecular complexity index is 139. The van der Waals surface area contributed by atoms with Crippen LogP contribution in [0.3, 0.4) is 0 Å². The highest BCUT2D eigenvalue weighted by molar-refractivity contribution is 5.57. The van der Waals surface area contributed by atoms with Gasteiger partial charge >= 0.3 is 0 Å². The number of rotatable bonds is 5. The van der Waals surface area contributed by atoms with Crippen molar-refractivity contribution in [1.82, 2.24) is 5.32 Å². The fourth-order valence-corrected chi connectivity index (χ4v) is 0.928. The standard InChI is InChI=1S/C7H15NO4/c1-4(10)7(12)6(8-2)5(11)3-9/h3-8,10-12H,1-2H3/t4-,5+,6-,7+/m0/s1. The molecular weight excluding hydrogens is 162 g/mol. The summed E-state index contributed by atoms with van der Waals surface area (Å²) in [5.41, 5.74) is 0. The molecular formula is C7H15NO4. The summed E-state index contributed by atoms with van der Waals surface area (Å²) in [5.74, 6) is 0. The minimum Gasteiger partial charge on any atom is -0.391 e. The van der Waals surface area contributed by atoms with E-state index in [0.717, 1.165) is 0 Å². The van der Waals surface area contributed by atoms with Gasteiger partial charge in [0, 0.05) is 0 Å². The molecule has 0 radical (unpaired) electrons. The van der Waals surface area contributed by atoms with Crippen molar-refractivity contribution in [2.75, 3.05) is 7.05 Å². The lowest BCUT2D eigenvalue weighted by Crippen LogP contribution is -2.51. The van der Waals surface area contributed by atoms with Gasteiger partial charge in [-0.1, -0.05) is 0 Å². The Labute approximate surface area is 71.0 Å². The second-order valence-electron chi connectivity index (χ2n) is 2.67. The third kappa shape index (κ3) is 2.86. The lowest BCUT2D eigenvalue weighted by atomic mass is 10.0. The van der Waals surface area contributed by atoms with E-state index < -0.39 is 24.4 Å². The molecule has 0 fully saturated rings. The first-order valence-corrected chi connectivity index (χ1v) is 3.71. The highest BCUT2D eigenvalue weighted by Gasteiger charge is 2.28. The van der Waals surface area contributed by atoms with Crippen LogP contribution in [0.5, 0.6) is 0 Å². The summed E-state index contributed by atoms with van der Waals surface area (Å²) in [5, 5.41) is 29.8. The molecule has 12 heavy (non-hydrogen) atoms. The quantitative estimate of drug-likeness (QED) is 0.360. The van der Waals surface area contributed by atoms with E-state index in [9.17, 15) is 9.90 Å². The largest absolute Gasteiger partial charge is 0.391 e. The number of aliphatic hydroxyl groups excluding tert-OH is 3. The van der Waals surface area contributed by atoms with Crippen molar-refractivity contribution in [2.45, 2.75) is 31.3 Å². The fourth-order valence-electron chi connectivity index (χ4n) is 0.928. The monoisotopic (exact) mass is 177 g/mol. The van der Waals surface area contributed by atoms with Gasteiger partial charge in [0.2, 0.25) is 0 Å². The Morgan fingerprint density at radius 1 is 1.33 bits per heavy atom. The molecule has 5 heteroatoms. The Kier molecular flexibility index (Phi) is 5.00. The van der Waals surface area contributed by atoms with Crippen LogP contribution in [0.4, 0.5) is 0 Å². The molecule has 0 saturated carbocycles. The second kappa shape index (κ2) is 5.21. The normalized spacial score (nSPS) is 21.1. The number of hydrogen-bond donors (Lipinski definition) is 4. The maximum atomic E-state index is 10.1. The van der Waals surface area contributed by atoms with E-state index in [0.29, 0.717) is 6.29 Å². The molecule has 0 aromatic rings. The maximum Gasteiger partial charge on any atom is 0.150 e. The third-order valence-electron chi connectivity index (χ3n) is 1.70. The van der Waals surface area contributed by atoms with Gasteiger partial charge in [-0.3, -0.25) is 0 Å². The molecule has 0 aromatic carbocycles. The summed E-state index contributed by atoms with van der Waals surface area (Å²) in [4.78, 5) is 10.1. The van der Waals surface area contributed by atoms with Gasteiger partial charge in [0.05, 0.1) is 18.2 Å². The zero-order chi connectivity index (χ0) is 9.72. The van der Waals surface area contributed by atoms with Crippen molar-refractivity contribution in [2.24, 2.45) is 0 Å². The summed E-state index contributed by atoms with van der Waals surface area (Å²) < 4.78 is 0. The van der Waals surface area contributed by atoms with Crippen LogP contribution in [0, 0.1) is 0 Å². The van der Waals surface area contributed by atoms with Crippen molar-refractivity contribution in [1.29, 1.82) is 0 Å². The first-order valence-electron chi connectivity index (χ1n) is 3.71. The molecule has 0 bridgehead atoms. The van der Waals surface area contributed by atoms with E-state index in [1.165, 1.54) is 14.0 Å². The van der Waals surface area contributed by atoms with Crippen LogP contribution in [0.15, 0.2) is 0 Å². The minimum absolute atomic E-state index is 0.312. The summed E-state index contributed by atoms with van der Waals surface area (Å²) in [6, 6.07) is -0.831. The molecule has 0 aliphatic carbocycles. The van der Waals surface area contributed by atoms with Crippen LogP contribution in [-0.2, 0) is 4.79 Å². The Hall–Kier alpha value is -0.490. The van der Waals surface area contributed by atoms with E-state index in [1.807, 2.05) is 0 Å². The number of carbonyl (C=O) groups excluding carboxylic acids is 1. The molecule has 0 spiro atoms. The average molecular weight is 177 g/mol. The Balaban J connectivity index is 4.22. The molecule has 0 saturated heterocycles. The van der Waals surface area contributed by atoms with Crippen LogP contribution in [0.1, 0.15) is 6.92 Å². The lowest BCUT2D eigenvalue weighted by Gasteiger charge is -2.25. The summed E-state index contributed by atoms with van der Waals surface area (Å²) in [6.45, 7) is 1.38. The summed E-state index contributed by atoms with van der Waals surface area (Å²) in [7, 11) is 1.49. The highest BCUT2D eigenvalue weighted by Crippen LogP contribution is 2.02. The SMILES string of the molecule is CN[C@H]([C@H](O)[C@H](C)O)[C@H](O)C=O. The Morgan fingerprint density at radius 3 is 2.08 bits per heavy atom. The number of hydrogen-bond acceptors (Lipinski definition) is 5. The van der Waals surface area contributed by atoms with Crippen molar-refractivity contribution in [3.05, 3.63) is 0 Å². The van der Waals surface area contributed by atoms with Gasteiger partial charge in [0.15, 0.2) is 0 Å². The highest BCUT2D eigenvalue weighted by atomic mass is 16.3. The first-order chi connectivity index (χ1) is 5.54. The van der Waals surface area contributed by atoms with Gasteiger partial charge in [0.25, 0.3) is 0 Å². The number of likely N-dealkylation sites (N-methyl/N-ethyl adjacent to an activating group) is 1. The molecule has 0 unspecified atom stereocenters. The van der Waals surface area contributed by atoms with E-state index in [1.54, 1.807) is 0 Å². The van der Waals surface area contributed by atoms with Crippen molar-refractivity contribution in [3.63, 3.8) is 0 Å². The van der Waals surface area contributed by atoms with Crippen LogP contribution in [-0.4, -0.2) is 53.0 Å². The van der Waals surface area contributed by atoms with Crippen LogP contribution < -0.4 is 5.32 Å². The van der Waals surface area contributed by atoms with Gasteiger partial charge < -0.3 is 25.4 Å². The molecule has 0 amide bonds. The molecule has 0 rings (SSSR count). The fraction of sp³-hybridized carbons (Fsp3) is 0.857. The van der Waals surface area contributed by atoms with Crippen LogP contribution in [0.2, 0.25) is 0 Å². The van der Waals surface area contributed by atoms with Gasteiger partial charge in [-0.15, -0.1) is 0 Å². The molecule has 0 heterocycles. The molecule has 0 aliphatic heterocycles. The van der Waals surface area contributed by atoms with Crippen molar-refractivity contribution in [3.8, 4) is 0 Å². The predicted octanol–water partition coefficient (Wildman–Crippen LogP) is -2.12. The number of nitrogens with one attached hydrogen (secondary N) is 1. The van der Waals surface area contributed by atoms with Crippen LogP contribution >= 0.6 is 0 Å². The van der Waals surface area contributed by atoms with Crippen molar-refractivity contribution >= 4 is 6.29 Å². The van der Waals surface area contributed by atoms with Gasteiger partial charge in [-0.25, -0.2) is 0 Å². The van der Waals surface area contributed by atoms with Crippen LogP contribution in [0.25, 0.3) is 0 Å². The average Bonchev–Trinajstić information content (AvgIpc) is 2.05. The van der Waals surface area contributed by atoms with Gasteiger partial charge in [0.1, 0.15) is 12.4 Å².